The molecule has 0 saturated carbocycles. The second-order valence-corrected chi connectivity index (χ2v) is 7.83. The zero-order chi connectivity index (χ0) is 18.4. The van der Waals surface area contributed by atoms with E-state index >= 15 is 0 Å². The summed E-state index contributed by atoms with van der Waals surface area (Å²) >= 11 is 0. The van der Waals surface area contributed by atoms with Gasteiger partial charge in [0.2, 0.25) is 5.91 Å². The number of benzene rings is 1. The minimum absolute atomic E-state index is 0.0357. The maximum atomic E-state index is 12.4. The summed E-state index contributed by atoms with van der Waals surface area (Å²) in [7, 11) is 0. The van der Waals surface area contributed by atoms with Crippen molar-refractivity contribution in [2.75, 3.05) is 13.2 Å². The maximum Gasteiger partial charge on any atom is 0.234 e. The van der Waals surface area contributed by atoms with Gasteiger partial charge >= 0.3 is 0 Å². The van der Waals surface area contributed by atoms with Crippen LogP contribution in [-0.2, 0) is 9.53 Å². The number of nitrogens with one attached hydrogen (secondary N) is 2. The summed E-state index contributed by atoms with van der Waals surface area (Å²) in [6.45, 7) is 11.9. The van der Waals surface area contributed by atoms with Crippen LogP contribution in [0.5, 0.6) is 0 Å². The Morgan fingerprint density at radius 1 is 1.12 bits per heavy atom. The zero-order valence-corrected chi connectivity index (χ0v) is 16.3. The molecule has 25 heavy (non-hydrogen) atoms. The summed E-state index contributed by atoms with van der Waals surface area (Å²) in [5.41, 5.74) is 2.49. The minimum Gasteiger partial charge on any atom is -0.377 e. The van der Waals surface area contributed by atoms with Crippen LogP contribution in [-0.4, -0.2) is 31.2 Å². The van der Waals surface area contributed by atoms with Crippen molar-refractivity contribution in [2.45, 2.75) is 71.6 Å². The number of amides is 1. The van der Waals surface area contributed by atoms with Crippen LogP contribution in [0.25, 0.3) is 0 Å². The van der Waals surface area contributed by atoms with E-state index in [1.54, 1.807) is 0 Å². The number of hydrogen-bond acceptors (Lipinski definition) is 3. The third-order valence-electron chi connectivity index (χ3n) is 5.05. The third kappa shape index (κ3) is 5.82. The quantitative estimate of drug-likeness (QED) is 0.753. The van der Waals surface area contributed by atoms with Gasteiger partial charge in [0, 0.05) is 12.6 Å². The van der Waals surface area contributed by atoms with Gasteiger partial charge in [0.1, 0.15) is 0 Å². The van der Waals surface area contributed by atoms with Gasteiger partial charge in [-0.3, -0.25) is 4.79 Å². The molecule has 1 aromatic carbocycles. The summed E-state index contributed by atoms with van der Waals surface area (Å²) in [6.07, 6.45) is 2.43. The fourth-order valence-electron chi connectivity index (χ4n) is 3.33. The van der Waals surface area contributed by atoms with Crippen LogP contribution in [0, 0.1) is 5.92 Å². The highest BCUT2D eigenvalue weighted by atomic mass is 16.5. The monoisotopic (exact) mass is 346 g/mol. The number of hydrogen-bond donors (Lipinski definition) is 2. The number of carbonyl (C=O) groups is 1. The number of rotatable bonds is 8. The predicted molar refractivity (Wildman–Crippen MR) is 103 cm³/mol. The van der Waals surface area contributed by atoms with Crippen molar-refractivity contribution in [3.63, 3.8) is 0 Å². The average molecular weight is 347 g/mol. The zero-order valence-electron chi connectivity index (χ0n) is 16.3. The van der Waals surface area contributed by atoms with Crippen molar-refractivity contribution < 1.29 is 9.53 Å². The Balaban J connectivity index is 1.90. The molecule has 2 rings (SSSR count). The van der Waals surface area contributed by atoms with Gasteiger partial charge < -0.3 is 15.4 Å². The molecule has 4 heteroatoms. The predicted octanol–water partition coefficient (Wildman–Crippen LogP) is 3.78. The van der Waals surface area contributed by atoms with Gasteiger partial charge in [0.25, 0.3) is 0 Å². The Bertz CT molecular complexity index is 533. The van der Waals surface area contributed by atoms with Gasteiger partial charge in [0.05, 0.1) is 18.7 Å². The molecule has 140 valence electrons. The lowest BCUT2D eigenvalue weighted by Gasteiger charge is -2.25. The van der Waals surface area contributed by atoms with E-state index in [4.69, 9.17) is 4.74 Å². The van der Waals surface area contributed by atoms with Crippen molar-refractivity contribution in [2.24, 2.45) is 5.92 Å². The van der Waals surface area contributed by atoms with Crippen molar-refractivity contribution >= 4 is 5.91 Å². The van der Waals surface area contributed by atoms with E-state index in [2.05, 4.69) is 69.5 Å². The first-order chi connectivity index (χ1) is 11.9. The standard InChI is InChI=1S/C21H34N2O2/c1-14(2)17-8-10-18(11-9-17)21(15(3)4)23-20(24)13-22-16(5)19-7-6-12-25-19/h8-11,14-16,19,21-22H,6-7,12-13H2,1-5H3,(H,23,24). The Morgan fingerprint density at radius 3 is 2.28 bits per heavy atom. The molecular weight excluding hydrogens is 312 g/mol. The first-order valence-corrected chi connectivity index (χ1v) is 9.62. The van der Waals surface area contributed by atoms with Gasteiger partial charge in [0.15, 0.2) is 0 Å². The first-order valence-electron chi connectivity index (χ1n) is 9.62. The lowest BCUT2D eigenvalue weighted by molar-refractivity contribution is -0.121. The van der Waals surface area contributed by atoms with E-state index < -0.39 is 0 Å². The second kappa shape index (κ2) is 9.35. The molecule has 0 bridgehead atoms. The average Bonchev–Trinajstić information content (AvgIpc) is 3.12. The van der Waals surface area contributed by atoms with Crippen LogP contribution in [0.1, 0.15) is 70.5 Å². The summed E-state index contributed by atoms with van der Waals surface area (Å²) in [4.78, 5) is 12.4. The van der Waals surface area contributed by atoms with E-state index in [1.807, 2.05) is 0 Å². The minimum atomic E-state index is 0.0357. The molecule has 1 amide bonds. The lowest BCUT2D eigenvalue weighted by Crippen LogP contribution is -2.44. The summed E-state index contributed by atoms with van der Waals surface area (Å²) in [6, 6.07) is 8.86. The fourth-order valence-corrected chi connectivity index (χ4v) is 3.33. The van der Waals surface area contributed by atoms with Crippen molar-refractivity contribution in [3.8, 4) is 0 Å². The highest BCUT2D eigenvalue weighted by molar-refractivity contribution is 5.78. The van der Waals surface area contributed by atoms with E-state index in [1.165, 1.54) is 11.1 Å². The van der Waals surface area contributed by atoms with Gasteiger partial charge in [-0.15, -0.1) is 0 Å². The van der Waals surface area contributed by atoms with Gasteiger partial charge in [-0.2, -0.15) is 0 Å². The molecule has 1 heterocycles. The molecule has 1 fully saturated rings. The van der Waals surface area contributed by atoms with Gasteiger partial charge in [-0.25, -0.2) is 0 Å². The van der Waals surface area contributed by atoms with Gasteiger partial charge in [-0.05, 0) is 42.7 Å². The molecule has 0 aliphatic carbocycles. The lowest BCUT2D eigenvalue weighted by atomic mass is 9.93. The van der Waals surface area contributed by atoms with Crippen molar-refractivity contribution in [3.05, 3.63) is 35.4 Å². The molecule has 2 N–H and O–H groups in total. The number of ether oxygens (including phenoxy) is 1. The Morgan fingerprint density at radius 2 is 1.76 bits per heavy atom. The highest BCUT2D eigenvalue weighted by Crippen LogP contribution is 2.24. The Labute approximate surface area is 152 Å². The second-order valence-electron chi connectivity index (χ2n) is 7.83. The molecule has 1 saturated heterocycles. The van der Waals surface area contributed by atoms with Crippen LogP contribution in [0.2, 0.25) is 0 Å². The normalized spacial score (nSPS) is 20.0. The molecule has 4 nitrogen and oxygen atoms in total. The SMILES string of the molecule is CC(C)c1ccc(C(NC(=O)CNC(C)C2CCCO2)C(C)C)cc1. The highest BCUT2D eigenvalue weighted by Gasteiger charge is 2.23. The number of carbonyl (C=O) groups excluding carboxylic acids is 1. The Hall–Kier alpha value is -1.39. The van der Waals surface area contributed by atoms with E-state index in [9.17, 15) is 4.79 Å². The molecule has 0 radical (unpaired) electrons. The summed E-state index contributed by atoms with van der Waals surface area (Å²) in [5, 5.41) is 6.49. The molecular formula is C21H34N2O2. The van der Waals surface area contributed by atoms with E-state index in [0.717, 1.165) is 19.4 Å². The molecule has 1 aromatic rings. The van der Waals surface area contributed by atoms with Crippen LogP contribution in [0.4, 0.5) is 0 Å². The van der Waals surface area contributed by atoms with Crippen LogP contribution >= 0.6 is 0 Å². The van der Waals surface area contributed by atoms with Gasteiger partial charge in [-0.1, -0.05) is 52.0 Å². The Kier molecular flexibility index (Phi) is 7.45. The summed E-state index contributed by atoms with van der Waals surface area (Å²) in [5.74, 6) is 0.894. The topological polar surface area (TPSA) is 50.4 Å². The molecule has 0 spiro atoms. The molecule has 3 unspecified atom stereocenters. The van der Waals surface area contributed by atoms with Crippen LogP contribution in [0.3, 0.4) is 0 Å². The smallest absolute Gasteiger partial charge is 0.234 e. The molecule has 0 aromatic heterocycles. The fraction of sp³-hybridized carbons (Fsp3) is 0.667. The first kappa shape index (κ1) is 19.9. The molecule has 3 atom stereocenters. The van der Waals surface area contributed by atoms with Crippen LogP contribution in [0.15, 0.2) is 24.3 Å². The van der Waals surface area contributed by atoms with E-state index in [0.29, 0.717) is 18.4 Å². The maximum absolute atomic E-state index is 12.4. The third-order valence-corrected chi connectivity index (χ3v) is 5.05. The van der Waals surface area contributed by atoms with Crippen LogP contribution < -0.4 is 10.6 Å². The summed E-state index contributed by atoms with van der Waals surface area (Å²) < 4.78 is 5.67. The largest absolute Gasteiger partial charge is 0.377 e. The van der Waals surface area contributed by atoms with Crippen molar-refractivity contribution in [1.29, 1.82) is 0 Å². The van der Waals surface area contributed by atoms with Crippen molar-refractivity contribution in [1.82, 2.24) is 10.6 Å². The molecule has 1 aliphatic heterocycles. The van der Waals surface area contributed by atoms with E-state index in [-0.39, 0.29) is 24.1 Å². The molecule has 1 aliphatic rings.